The van der Waals surface area contributed by atoms with Gasteiger partial charge < -0.3 is 16.4 Å². The Hall–Kier alpha value is -2.70. The lowest BCUT2D eigenvalue weighted by Crippen LogP contribution is -2.12. The molecule has 4 nitrogen and oxygen atoms in total. The highest BCUT2D eigenvalue weighted by Gasteiger charge is 2.33. The maximum atomic E-state index is 12.8. The van der Waals surface area contributed by atoms with Crippen LogP contribution in [-0.2, 0) is 6.18 Å². The van der Waals surface area contributed by atoms with E-state index >= 15 is 0 Å². The number of carbonyl (C=O) groups is 1. The minimum absolute atomic E-state index is 0.00326. The van der Waals surface area contributed by atoms with Crippen molar-refractivity contribution >= 4 is 28.7 Å². The largest absolute Gasteiger partial charge is 0.416 e. The summed E-state index contributed by atoms with van der Waals surface area (Å²) in [7, 11) is 0. The molecule has 0 spiro atoms. The van der Waals surface area contributed by atoms with Gasteiger partial charge in [0.15, 0.2) is 0 Å². The molecule has 1 aliphatic heterocycles. The predicted octanol–water partition coefficient (Wildman–Crippen LogP) is 3.60. The van der Waals surface area contributed by atoms with E-state index in [0.717, 1.165) is 12.1 Å². The second kappa shape index (κ2) is 4.41. The van der Waals surface area contributed by atoms with Crippen LogP contribution in [-0.4, -0.2) is 5.91 Å². The van der Waals surface area contributed by atoms with E-state index in [1.807, 2.05) is 0 Å². The fourth-order valence-corrected chi connectivity index (χ4v) is 2.18. The fraction of sp³-hybridized carbons (Fsp3) is 0.0714. The van der Waals surface area contributed by atoms with Gasteiger partial charge in [-0.3, -0.25) is 4.79 Å². The van der Waals surface area contributed by atoms with E-state index in [-0.39, 0.29) is 17.1 Å². The van der Waals surface area contributed by atoms with Crippen molar-refractivity contribution in [3.8, 4) is 0 Å². The molecule has 2 aromatic rings. The molecule has 0 unspecified atom stereocenters. The molecule has 1 amide bonds. The third-order valence-electron chi connectivity index (χ3n) is 3.18. The fourth-order valence-electron chi connectivity index (χ4n) is 2.18. The molecule has 0 atom stereocenters. The van der Waals surface area contributed by atoms with E-state index in [2.05, 4.69) is 10.6 Å². The van der Waals surface area contributed by atoms with Crippen LogP contribution in [0.3, 0.4) is 0 Å². The molecule has 2 aromatic carbocycles. The van der Waals surface area contributed by atoms with Gasteiger partial charge in [-0.15, -0.1) is 0 Å². The standard InChI is InChI=1S/C14H10F3N3O/c15-14(16,17)7-5-9(18)12-11(6-7)20-13(21)8-3-1-2-4-10(8)19-12/h1-6,19H,18H2,(H,20,21). The Morgan fingerprint density at radius 1 is 1.00 bits per heavy atom. The molecule has 108 valence electrons. The van der Waals surface area contributed by atoms with E-state index in [9.17, 15) is 18.0 Å². The predicted molar refractivity (Wildman–Crippen MR) is 73.5 cm³/mol. The number of nitrogens with two attached hydrogens (primary N) is 1. The van der Waals surface area contributed by atoms with Crippen molar-refractivity contribution < 1.29 is 18.0 Å². The Bertz CT molecular complexity index is 741. The third kappa shape index (κ3) is 2.26. The number of anilines is 4. The van der Waals surface area contributed by atoms with Crippen molar-refractivity contribution in [2.24, 2.45) is 0 Å². The maximum Gasteiger partial charge on any atom is 0.416 e. The summed E-state index contributed by atoms with van der Waals surface area (Å²) in [5, 5.41) is 5.36. The van der Waals surface area contributed by atoms with Crippen molar-refractivity contribution in [1.29, 1.82) is 0 Å². The Balaban J connectivity index is 2.17. The molecule has 0 fully saturated rings. The summed E-state index contributed by atoms with van der Waals surface area (Å²) in [5.74, 6) is -0.490. The number of fused-ring (bicyclic) bond motifs is 2. The number of alkyl halides is 3. The molecule has 4 N–H and O–H groups in total. The molecule has 1 heterocycles. The molecular weight excluding hydrogens is 283 g/mol. The number of nitrogens with one attached hydrogen (secondary N) is 2. The average molecular weight is 293 g/mol. The van der Waals surface area contributed by atoms with E-state index in [1.54, 1.807) is 24.3 Å². The highest BCUT2D eigenvalue weighted by atomic mass is 19.4. The summed E-state index contributed by atoms with van der Waals surface area (Å²) < 4.78 is 38.4. The van der Waals surface area contributed by atoms with Gasteiger partial charge in [0.2, 0.25) is 0 Å². The third-order valence-corrected chi connectivity index (χ3v) is 3.18. The topological polar surface area (TPSA) is 67.1 Å². The molecule has 0 saturated carbocycles. The van der Waals surface area contributed by atoms with Gasteiger partial charge in [0, 0.05) is 0 Å². The molecule has 0 radical (unpaired) electrons. The molecular formula is C14H10F3N3O. The quantitative estimate of drug-likeness (QED) is 0.650. The summed E-state index contributed by atoms with van der Waals surface area (Å²) >= 11 is 0. The first-order valence-electron chi connectivity index (χ1n) is 6.04. The van der Waals surface area contributed by atoms with Crippen LogP contribution in [0.25, 0.3) is 0 Å². The van der Waals surface area contributed by atoms with Crippen LogP contribution >= 0.6 is 0 Å². The number of benzene rings is 2. The summed E-state index contributed by atoms with van der Waals surface area (Å²) in [6.45, 7) is 0. The van der Waals surface area contributed by atoms with Gasteiger partial charge in [-0.05, 0) is 24.3 Å². The van der Waals surface area contributed by atoms with Gasteiger partial charge >= 0.3 is 6.18 Å². The Morgan fingerprint density at radius 3 is 2.43 bits per heavy atom. The monoisotopic (exact) mass is 293 g/mol. The van der Waals surface area contributed by atoms with Crippen LogP contribution in [0, 0.1) is 0 Å². The first-order chi connectivity index (χ1) is 9.86. The minimum Gasteiger partial charge on any atom is -0.397 e. The Morgan fingerprint density at radius 2 is 1.71 bits per heavy atom. The Labute approximate surface area is 117 Å². The van der Waals surface area contributed by atoms with Crippen LogP contribution < -0.4 is 16.4 Å². The van der Waals surface area contributed by atoms with Gasteiger partial charge in [0.05, 0.1) is 33.9 Å². The number of hydrogen-bond donors (Lipinski definition) is 3. The van der Waals surface area contributed by atoms with E-state index in [4.69, 9.17) is 5.73 Å². The second-order valence-electron chi connectivity index (χ2n) is 4.61. The van der Waals surface area contributed by atoms with Crippen molar-refractivity contribution in [2.75, 3.05) is 16.4 Å². The van der Waals surface area contributed by atoms with E-state index in [1.165, 1.54) is 0 Å². The van der Waals surface area contributed by atoms with E-state index in [0.29, 0.717) is 11.3 Å². The number of rotatable bonds is 0. The van der Waals surface area contributed by atoms with Crippen LogP contribution in [0.1, 0.15) is 15.9 Å². The van der Waals surface area contributed by atoms with Crippen LogP contribution in [0.5, 0.6) is 0 Å². The molecule has 0 bridgehead atoms. The number of hydrogen-bond acceptors (Lipinski definition) is 3. The SMILES string of the molecule is Nc1cc(C(F)(F)F)cc2c1Nc1ccccc1C(=O)N2. The lowest BCUT2D eigenvalue weighted by atomic mass is 10.1. The maximum absolute atomic E-state index is 12.8. The summed E-state index contributed by atoms with van der Waals surface area (Å²) in [6, 6.07) is 8.31. The summed E-state index contributed by atoms with van der Waals surface area (Å²) in [4.78, 5) is 12.1. The molecule has 0 aliphatic carbocycles. The van der Waals surface area contributed by atoms with Crippen molar-refractivity contribution in [3.63, 3.8) is 0 Å². The van der Waals surface area contributed by atoms with Crippen LogP contribution in [0.15, 0.2) is 36.4 Å². The van der Waals surface area contributed by atoms with Crippen molar-refractivity contribution in [2.45, 2.75) is 6.18 Å². The van der Waals surface area contributed by atoms with Crippen molar-refractivity contribution in [1.82, 2.24) is 0 Å². The lowest BCUT2D eigenvalue weighted by Gasteiger charge is -2.15. The van der Waals surface area contributed by atoms with Gasteiger partial charge in [-0.25, -0.2) is 0 Å². The number of para-hydroxylation sites is 1. The molecule has 3 rings (SSSR count). The first kappa shape index (κ1) is 13.3. The smallest absolute Gasteiger partial charge is 0.397 e. The van der Waals surface area contributed by atoms with Crippen LogP contribution in [0.4, 0.5) is 35.9 Å². The number of halogens is 3. The highest BCUT2D eigenvalue weighted by Crippen LogP contribution is 2.41. The molecule has 1 aliphatic rings. The second-order valence-corrected chi connectivity index (χ2v) is 4.61. The minimum atomic E-state index is -4.53. The zero-order valence-corrected chi connectivity index (χ0v) is 10.6. The van der Waals surface area contributed by atoms with Crippen LogP contribution in [0.2, 0.25) is 0 Å². The average Bonchev–Trinajstić information content (AvgIpc) is 2.55. The number of amides is 1. The Kier molecular flexibility index (Phi) is 2.79. The van der Waals surface area contributed by atoms with Gasteiger partial charge in [0.1, 0.15) is 0 Å². The normalized spacial score (nSPS) is 13.6. The molecule has 0 saturated heterocycles. The number of carbonyl (C=O) groups excluding carboxylic acids is 1. The first-order valence-corrected chi connectivity index (χ1v) is 6.04. The van der Waals surface area contributed by atoms with Gasteiger partial charge in [0.25, 0.3) is 5.91 Å². The summed E-state index contributed by atoms with van der Waals surface area (Å²) in [5.41, 5.74) is 5.78. The lowest BCUT2D eigenvalue weighted by molar-refractivity contribution is -0.137. The molecule has 0 aromatic heterocycles. The van der Waals surface area contributed by atoms with Gasteiger partial charge in [-0.2, -0.15) is 13.2 Å². The zero-order valence-electron chi connectivity index (χ0n) is 10.6. The highest BCUT2D eigenvalue weighted by molar-refractivity contribution is 6.13. The molecule has 7 heteroatoms. The number of nitrogen functional groups attached to an aromatic ring is 1. The van der Waals surface area contributed by atoms with Gasteiger partial charge in [-0.1, -0.05) is 12.1 Å². The summed E-state index contributed by atoms with van der Waals surface area (Å²) in [6.07, 6.45) is -4.53. The molecule has 21 heavy (non-hydrogen) atoms. The van der Waals surface area contributed by atoms with Crippen molar-refractivity contribution in [3.05, 3.63) is 47.5 Å². The zero-order chi connectivity index (χ0) is 15.2. The van der Waals surface area contributed by atoms with E-state index < -0.39 is 17.6 Å².